The van der Waals surface area contributed by atoms with Crippen LogP contribution in [0.5, 0.6) is 0 Å². The van der Waals surface area contributed by atoms with E-state index >= 15 is 0 Å². The molecule has 3 aromatic rings. The quantitative estimate of drug-likeness (QED) is 0.647. The summed E-state index contributed by atoms with van der Waals surface area (Å²) in [5, 5.41) is 2.79. The number of benzene rings is 2. The molecule has 0 saturated heterocycles. The molecule has 7 nitrogen and oxygen atoms in total. The predicted molar refractivity (Wildman–Crippen MR) is 113 cm³/mol. The summed E-state index contributed by atoms with van der Waals surface area (Å²) in [5.74, 6) is -0.308. The van der Waals surface area contributed by atoms with E-state index in [-0.39, 0.29) is 16.8 Å². The highest BCUT2D eigenvalue weighted by molar-refractivity contribution is 7.89. The van der Waals surface area contributed by atoms with Crippen LogP contribution in [0.15, 0.2) is 47.6 Å². The highest BCUT2D eigenvalue weighted by atomic mass is 32.2. The van der Waals surface area contributed by atoms with Gasteiger partial charge in [-0.25, -0.2) is 18.1 Å². The average molecular weight is 413 g/mol. The second-order valence-electron chi connectivity index (χ2n) is 7.80. The Morgan fingerprint density at radius 1 is 1.17 bits per heavy atom. The molecule has 0 aliphatic heterocycles. The summed E-state index contributed by atoms with van der Waals surface area (Å²) in [5.41, 5.74) is 3.31. The van der Waals surface area contributed by atoms with Crippen molar-refractivity contribution in [3.8, 4) is 0 Å². The van der Waals surface area contributed by atoms with Gasteiger partial charge in [0.1, 0.15) is 0 Å². The zero-order chi connectivity index (χ0) is 20.8. The van der Waals surface area contributed by atoms with Gasteiger partial charge in [-0.2, -0.15) is 0 Å². The number of nitrogens with one attached hydrogen (secondary N) is 2. The predicted octanol–water partition coefficient (Wildman–Crippen LogP) is 3.62. The van der Waals surface area contributed by atoms with Gasteiger partial charge in [0, 0.05) is 23.3 Å². The number of carbonyl (C=O) groups excluding carboxylic acids is 1. The van der Waals surface area contributed by atoms with Crippen LogP contribution in [-0.2, 0) is 10.0 Å². The molecule has 0 radical (unpaired) electrons. The topological polar surface area (TPSA) is 93.1 Å². The number of aryl methyl sites for hydroxylation is 1. The van der Waals surface area contributed by atoms with Crippen molar-refractivity contribution in [3.05, 3.63) is 53.9 Å². The smallest absolute Gasteiger partial charge is 0.255 e. The molecule has 29 heavy (non-hydrogen) atoms. The number of aromatic nitrogens is 2. The van der Waals surface area contributed by atoms with Gasteiger partial charge in [-0.3, -0.25) is 4.79 Å². The van der Waals surface area contributed by atoms with Crippen LogP contribution in [0, 0.1) is 6.92 Å². The largest absolute Gasteiger partial charge is 0.327 e. The maximum atomic E-state index is 12.7. The van der Waals surface area contributed by atoms with Gasteiger partial charge in [0.2, 0.25) is 10.0 Å². The van der Waals surface area contributed by atoms with Gasteiger partial charge in [0.15, 0.2) is 0 Å². The molecule has 2 aromatic carbocycles. The number of carbonyl (C=O) groups is 1. The number of hydrogen-bond acceptors (Lipinski definition) is 4. The van der Waals surface area contributed by atoms with Crippen molar-refractivity contribution < 1.29 is 13.2 Å². The summed E-state index contributed by atoms with van der Waals surface area (Å²) < 4.78 is 29.8. The molecule has 1 aliphatic carbocycles. The number of fused-ring (bicyclic) bond motifs is 1. The number of imidazole rings is 1. The molecule has 1 saturated carbocycles. The molecule has 0 bridgehead atoms. The molecular weight excluding hydrogens is 388 g/mol. The van der Waals surface area contributed by atoms with Gasteiger partial charge in [-0.1, -0.05) is 6.07 Å². The highest BCUT2D eigenvalue weighted by Crippen LogP contribution is 2.37. The summed E-state index contributed by atoms with van der Waals surface area (Å²) in [7, 11) is -3.66. The van der Waals surface area contributed by atoms with E-state index in [4.69, 9.17) is 0 Å². The summed E-state index contributed by atoms with van der Waals surface area (Å²) in [4.78, 5) is 17.3. The fraction of sp³-hybridized carbons (Fsp3) is 0.333. The summed E-state index contributed by atoms with van der Waals surface area (Å²) in [6.07, 6.45) is 4.15. The van der Waals surface area contributed by atoms with E-state index in [2.05, 4.69) is 19.6 Å². The molecule has 0 spiro atoms. The summed E-state index contributed by atoms with van der Waals surface area (Å²) in [6.45, 7) is 5.25. The Bertz CT molecular complexity index is 1190. The number of nitrogens with zero attached hydrogens (tertiary/aromatic N) is 2. The first-order chi connectivity index (χ1) is 13.7. The molecule has 4 rings (SSSR count). The van der Waals surface area contributed by atoms with Gasteiger partial charge in [0.25, 0.3) is 5.91 Å². The molecular formula is C21H24N4O3S. The molecule has 0 atom stereocenters. The third-order valence-corrected chi connectivity index (χ3v) is 6.70. The van der Waals surface area contributed by atoms with Crippen molar-refractivity contribution >= 4 is 32.7 Å². The number of amides is 1. The van der Waals surface area contributed by atoms with E-state index in [1.165, 1.54) is 6.07 Å². The van der Waals surface area contributed by atoms with Crippen LogP contribution < -0.4 is 10.0 Å². The first-order valence-corrected chi connectivity index (χ1v) is 11.1. The number of sulfonamides is 1. The van der Waals surface area contributed by atoms with Gasteiger partial charge in [0.05, 0.1) is 22.3 Å². The first kappa shape index (κ1) is 19.6. The number of hydrogen-bond donors (Lipinski definition) is 2. The number of anilines is 1. The SMILES string of the molecule is Cc1ccc(NC(=O)c2ccc3c(c2)ncn3C2CC2)cc1S(=O)(=O)NC(C)C. The van der Waals surface area contributed by atoms with Gasteiger partial charge >= 0.3 is 0 Å². The molecule has 1 heterocycles. The Kier molecular flexibility index (Phi) is 4.92. The summed E-state index contributed by atoms with van der Waals surface area (Å²) in [6, 6.07) is 10.6. The van der Waals surface area contributed by atoms with E-state index < -0.39 is 10.0 Å². The first-order valence-electron chi connectivity index (χ1n) is 9.65. The van der Waals surface area contributed by atoms with Crippen molar-refractivity contribution in [1.82, 2.24) is 14.3 Å². The number of rotatable bonds is 6. The standard InChI is InChI=1S/C21H24N4O3S/c1-13(2)24-29(27,28)20-11-16(6-4-14(20)3)23-21(26)15-5-9-19-18(10-15)22-12-25(19)17-7-8-17/h4-6,9-13,17,24H,7-8H2,1-3H3,(H,23,26). The zero-order valence-corrected chi connectivity index (χ0v) is 17.5. The van der Waals surface area contributed by atoms with Crippen molar-refractivity contribution in [3.63, 3.8) is 0 Å². The minimum absolute atomic E-state index is 0.155. The third kappa shape index (κ3) is 4.04. The minimum atomic E-state index is -3.66. The highest BCUT2D eigenvalue weighted by Gasteiger charge is 2.25. The Hall–Kier alpha value is -2.71. The Morgan fingerprint density at radius 3 is 2.62 bits per heavy atom. The molecule has 1 aromatic heterocycles. The lowest BCUT2D eigenvalue weighted by Crippen LogP contribution is -2.30. The van der Waals surface area contributed by atoms with Crippen LogP contribution in [0.3, 0.4) is 0 Å². The molecule has 8 heteroatoms. The fourth-order valence-electron chi connectivity index (χ4n) is 3.36. The van der Waals surface area contributed by atoms with E-state index in [0.717, 1.165) is 23.9 Å². The van der Waals surface area contributed by atoms with Crippen LogP contribution in [0.4, 0.5) is 5.69 Å². The van der Waals surface area contributed by atoms with Gasteiger partial charge < -0.3 is 9.88 Å². The molecule has 2 N–H and O–H groups in total. The molecule has 152 valence electrons. The second-order valence-corrected chi connectivity index (χ2v) is 9.48. The second kappa shape index (κ2) is 7.27. The zero-order valence-electron chi connectivity index (χ0n) is 16.6. The van der Waals surface area contributed by atoms with E-state index in [0.29, 0.717) is 22.9 Å². The Balaban J connectivity index is 1.58. The van der Waals surface area contributed by atoms with E-state index in [9.17, 15) is 13.2 Å². The average Bonchev–Trinajstić information content (AvgIpc) is 3.40. The summed E-state index contributed by atoms with van der Waals surface area (Å²) >= 11 is 0. The normalized spacial score (nSPS) is 14.5. The Labute approximate surface area is 170 Å². The van der Waals surface area contributed by atoms with Crippen molar-refractivity contribution in [1.29, 1.82) is 0 Å². The van der Waals surface area contributed by atoms with E-state index in [1.54, 1.807) is 45.0 Å². The monoisotopic (exact) mass is 412 g/mol. The molecule has 1 aliphatic rings. The van der Waals surface area contributed by atoms with Gasteiger partial charge in [-0.15, -0.1) is 0 Å². The Morgan fingerprint density at radius 2 is 1.93 bits per heavy atom. The lowest BCUT2D eigenvalue weighted by atomic mass is 10.1. The third-order valence-electron chi connectivity index (χ3n) is 4.90. The van der Waals surface area contributed by atoms with Crippen LogP contribution in [0.1, 0.15) is 48.7 Å². The molecule has 1 fully saturated rings. The van der Waals surface area contributed by atoms with Crippen LogP contribution >= 0.6 is 0 Å². The van der Waals surface area contributed by atoms with Crippen molar-refractivity contribution in [2.45, 2.75) is 50.6 Å². The van der Waals surface area contributed by atoms with Crippen LogP contribution in [0.25, 0.3) is 11.0 Å². The van der Waals surface area contributed by atoms with E-state index in [1.807, 2.05) is 12.4 Å². The van der Waals surface area contributed by atoms with Crippen molar-refractivity contribution in [2.24, 2.45) is 0 Å². The lowest BCUT2D eigenvalue weighted by molar-refractivity contribution is 0.102. The van der Waals surface area contributed by atoms with Gasteiger partial charge in [-0.05, 0) is 69.5 Å². The lowest BCUT2D eigenvalue weighted by Gasteiger charge is -2.13. The van der Waals surface area contributed by atoms with Crippen LogP contribution in [-0.4, -0.2) is 29.9 Å². The minimum Gasteiger partial charge on any atom is -0.327 e. The fourth-order valence-corrected chi connectivity index (χ4v) is 4.88. The maximum Gasteiger partial charge on any atom is 0.255 e. The molecule has 1 amide bonds. The molecule has 0 unspecified atom stereocenters. The van der Waals surface area contributed by atoms with Crippen molar-refractivity contribution in [2.75, 3.05) is 5.32 Å². The maximum absolute atomic E-state index is 12.7. The van der Waals surface area contributed by atoms with Crippen LogP contribution in [0.2, 0.25) is 0 Å².